The zero-order chi connectivity index (χ0) is 11.8. The molecule has 0 aliphatic rings. The van der Waals surface area contributed by atoms with Gasteiger partial charge in [0.2, 0.25) is 0 Å². The summed E-state index contributed by atoms with van der Waals surface area (Å²) in [5.41, 5.74) is 0.186. The lowest BCUT2D eigenvalue weighted by atomic mass is 10.1. The Hall–Kier alpha value is -1.84. The summed E-state index contributed by atoms with van der Waals surface area (Å²) >= 11 is 0. The number of methoxy groups -OCH3 is 1. The Morgan fingerprint density at radius 3 is 2.53 bits per heavy atom. The molecule has 0 fully saturated rings. The number of carboxylic acid groups (broad SMARTS) is 1. The second-order valence-corrected chi connectivity index (χ2v) is 2.84. The number of ether oxygens (including phenoxy) is 1. The summed E-state index contributed by atoms with van der Waals surface area (Å²) in [6, 6.07) is 0. The van der Waals surface area contributed by atoms with E-state index in [-0.39, 0.29) is 12.0 Å². The normalized spacial score (nSPS) is 12.1. The number of carbonyl (C=O) groups is 2. The van der Waals surface area contributed by atoms with Crippen molar-refractivity contribution < 1.29 is 19.4 Å². The molecule has 0 amide bonds. The highest BCUT2D eigenvalue weighted by Gasteiger charge is 2.10. The van der Waals surface area contributed by atoms with Gasteiger partial charge in [-0.25, -0.2) is 4.79 Å². The van der Waals surface area contributed by atoms with E-state index in [1.54, 1.807) is 6.08 Å². The smallest absolute Gasteiger partial charge is 0.337 e. The Labute approximate surface area is 88.6 Å². The minimum atomic E-state index is -0.946. The third-order valence-electron chi connectivity index (χ3n) is 1.76. The van der Waals surface area contributed by atoms with Gasteiger partial charge < -0.3 is 9.84 Å². The first-order chi connectivity index (χ1) is 7.02. The molecule has 0 aromatic rings. The van der Waals surface area contributed by atoms with Crippen molar-refractivity contribution in [3.63, 3.8) is 0 Å². The van der Waals surface area contributed by atoms with Crippen molar-refractivity contribution in [3.05, 3.63) is 37.0 Å². The summed E-state index contributed by atoms with van der Waals surface area (Å²) in [7, 11) is 1.26. The molecular formula is C11H14O4. The van der Waals surface area contributed by atoms with Gasteiger partial charge in [0.05, 0.1) is 18.6 Å². The topological polar surface area (TPSA) is 63.6 Å². The average molecular weight is 210 g/mol. The van der Waals surface area contributed by atoms with E-state index >= 15 is 0 Å². The lowest BCUT2D eigenvalue weighted by Gasteiger charge is -2.02. The van der Waals surface area contributed by atoms with Gasteiger partial charge in [0.15, 0.2) is 0 Å². The fourth-order valence-corrected chi connectivity index (χ4v) is 0.854. The van der Waals surface area contributed by atoms with Gasteiger partial charge in [0, 0.05) is 0 Å². The maximum Gasteiger partial charge on any atom is 0.337 e. The first-order valence-corrected chi connectivity index (χ1v) is 4.32. The molecule has 15 heavy (non-hydrogen) atoms. The van der Waals surface area contributed by atoms with E-state index in [4.69, 9.17) is 5.11 Å². The van der Waals surface area contributed by atoms with Gasteiger partial charge in [-0.15, -0.1) is 6.58 Å². The third kappa shape index (κ3) is 4.81. The SMILES string of the molecule is C=CC(CC=CC(=C)C(=O)OC)C(=O)O. The van der Waals surface area contributed by atoms with Crippen LogP contribution in [0.1, 0.15) is 6.42 Å². The van der Waals surface area contributed by atoms with Crippen LogP contribution in [0.3, 0.4) is 0 Å². The van der Waals surface area contributed by atoms with Crippen LogP contribution >= 0.6 is 0 Å². The number of carbonyl (C=O) groups excluding carboxylic acids is 1. The molecule has 0 aromatic carbocycles. The van der Waals surface area contributed by atoms with Crippen LogP contribution in [0.2, 0.25) is 0 Å². The molecule has 1 N–H and O–H groups in total. The molecule has 82 valence electrons. The Balaban J connectivity index is 4.19. The largest absolute Gasteiger partial charge is 0.481 e. The molecule has 0 aromatic heterocycles. The molecule has 4 heteroatoms. The molecule has 0 saturated carbocycles. The summed E-state index contributed by atoms with van der Waals surface area (Å²) < 4.78 is 4.42. The van der Waals surface area contributed by atoms with Gasteiger partial charge in [-0.1, -0.05) is 24.8 Å². The molecule has 0 bridgehead atoms. The minimum absolute atomic E-state index is 0.186. The molecule has 0 spiro atoms. The van der Waals surface area contributed by atoms with Crippen molar-refractivity contribution in [3.8, 4) is 0 Å². The van der Waals surface area contributed by atoms with Gasteiger partial charge in [-0.3, -0.25) is 4.79 Å². The van der Waals surface area contributed by atoms with Crippen molar-refractivity contribution in [2.45, 2.75) is 6.42 Å². The van der Waals surface area contributed by atoms with E-state index in [1.165, 1.54) is 19.3 Å². The fraction of sp³-hybridized carbons (Fsp3) is 0.273. The van der Waals surface area contributed by atoms with Crippen LogP contribution in [0.5, 0.6) is 0 Å². The van der Waals surface area contributed by atoms with Gasteiger partial charge in [-0.05, 0) is 6.42 Å². The monoisotopic (exact) mass is 210 g/mol. The maximum absolute atomic E-state index is 10.9. The van der Waals surface area contributed by atoms with E-state index in [0.717, 1.165) is 0 Å². The number of hydrogen-bond acceptors (Lipinski definition) is 3. The van der Waals surface area contributed by atoms with Gasteiger partial charge in [0.1, 0.15) is 0 Å². The Morgan fingerprint density at radius 1 is 1.53 bits per heavy atom. The number of aliphatic carboxylic acids is 1. The summed E-state index contributed by atoms with van der Waals surface area (Å²) in [6.07, 6.45) is 4.60. The van der Waals surface area contributed by atoms with E-state index in [2.05, 4.69) is 17.9 Å². The fourth-order valence-electron chi connectivity index (χ4n) is 0.854. The van der Waals surface area contributed by atoms with Crippen molar-refractivity contribution in [2.75, 3.05) is 7.11 Å². The number of rotatable bonds is 6. The second kappa shape index (κ2) is 6.59. The zero-order valence-corrected chi connectivity index (χ0v) is 8.60. The van der Waals surface area contributed by atoms with Crippen LogP contribution in [0.15, 0.2) is 37.0 Å². The Kier molecular flexibility index (Phi) is 5.78. The second-order valence-electron chi connectivity index (χ2n) is 2.84. The summed E-state index contributed by atoms with van der Waals surface area (Å²) in [5.74, 6) is -2.12. The molecule has 1 unspecified atom stereocenters. The quantitative estimate of drug-likeness (QED) is 0.312. The first-order valence-electron chi connectivity index (χ1n) is 4.32. The molecule has 0 saturated heterocycles. The van der Waals surface area contributed by atoms with Gasteiger partial charge >= 0.3 is 11.9 Å². The summed E-state index contributed by atoms with van der Waals surface area (Å²) in [6.45, 7) is 6.86. The van der Waals surface area contributed by atoms with Crippen LogP contribution in [-0.4, -0.2) is 24.2 Å². The minimum Gasteiger partial charge on any atom is -0.481 e. The van der Waals surface area contributed by atoms with E-state index in [0.29, 0.717) is 0 Å². The highest BCUT2D eigenvalue weighted by Crippen LogP contribution is 2.07. The number of esters is 1. The van der Waals surface area contributed by atoms with Crippen LogP contribution in [0.25, 0.3) is 0 Å². The molecule has 1 atom stereocenters. The molecule has 0 aliphatic carbocycles. The number of hydrogen-bond donors (Lipinski definition) is 1. The third-order valence-corrected chi connectivity index (χ3v) is 1.76. The Morgan fingerprint density at radius 2 is 2.13 bits per heavy atom. The Bertz CT molecular complexity index is 302. The number of allylic oxidation sites excluding steroid dienone is 1. The lowest BCUT2D eigenvalue weighted by Crippen LogP contribution is -2.09. The van der Waals surface area contributed by atoms with Crippen LogP contribution in [0, 0.1) is 5.92 Å². The van der Waals surface area contributed by atoms with E-state index in [9.17, 15) is 9.59 Å². The molecule has 0 radical (unpaired) electrons. The van der Waals surface area contributed by atoms with Crippen LogP contribution in [-0.2, 0) is 14.3 Å². The highest BCUT2D eigenvalue weighted by molar-refractivity contribution is 5.90. The average Bonchev–Trinajstić information content (AvgIpc) is 2.22. The molecule has 4 nitrogen and oxygen atoms in total. The molecular weight excluding hydrogens is 196 g/mol. The molecule has 0 heterocycles. The summed E-state index contributed by atoms with van der Waals surface area (Å²) in [5, 5.41) is 8.67. The summed E-state index contributed by atoms with van der Waals surface area (Å²) in [4.78, 5) is 21.5. The lowest BCUT2D eigenvalue weighted by molar-refractivity contribution is -0.140. The standard InChI is InChI=1S/C11H14O4/c1-4-9(10(12)13)7-5-6-8(2)11(14)15-3/h4-6,9H,1-2,7H2,3H3,(H,12,13). The zero-order valence-electron chi connectivity index (χ0n) is 8.60. The van der Waals surface area contributed by atoms with Gasteiger partial charge in [0.25, 0.3) is 0 Å². The van der Waals surface area contributed by atoms with Crippen molar-refractivity contribution in [1.82, 2.24) is 0 Å². The highest BCUT2D eigenvalue weighted by atomic mass is 16.5. The van der Waals surface area contributed by atoms with Crippen molar-refractivity contribution in [1.29, 1.82) is 0 Å². The van der Waals surface area contributed by atoms with Crippen molar-refractivity contribution in [2.24, 2.45) is 5.92 Å². The van der Waals surface area contributed by atoms with E-state index in [1.807, 2.05) is 0 Å². The molecule has 0 rings (SSSR count). The number of carboxylic acids is 1. The molecule has 0 aliphatic heterocycles. The van der Waals surface area contributed by atoms with Crippen LogP contribution < -0.4 is 0 Å². The van der Waals surface area contributed by atoms with Gasteiger partial charge in [-0.2, -0.15) is 0 Å². The maximum atomic E-state index is 10.9. The van der Waals surface area contributed by atoms with Crippen LogP contribution in [0.4, 0.5) is 0 Å². The predicted molar refractivity (Wildman–Crippen MR) is 56.2 cm³/mol. The van der Waals surface area contributed by atoms with Crippen molar-refractivity contribution >= 4 is 11.9 Å². The first kappa shape index (κ1) is 13.2. The predicted octanol–water partition coefficient (Wildman–Crippen LogP) is 1.55. The van der Waals surface area contributed by atoms with E-state index < -0.39 is 17.9 Å².